The van der Waals surface area contributed by atoms with Gasteiger partial charge in [-0.15, -0.1) is 0 Å². The Morgan fingerprint density at radius 2 is 2.11 bits per heavy atom. The lowest BCUT2D eigenvalue weighted by atomic mass is 10.1. The van der Waals surface area contributed by atoms with Gasteiger partial charge in [-0.25, -0.2) is 0 Å². The minimum absolute atomic E-state index is 0.0447. The molecule has 0 aliphatic heterocycles. The first-order chi connectivity index (χ1) is 8.93. The number of carbonyl (C=O) groups excluding carboxylic acids is 1. The third-order valence-corrected chi connectivity index (χ3v) is 2.85. The van der Waals surface area contributed by atoms with Gasteiger partial charge in [0.25, 0.3) is 5.91 Å². The van der Waals surface area contributed by atoms with Crippen LogP contribution in [0.15, 0.2) is 18.2 Å². The van der Waals surface area contributed by atoms with Crippen molar-refractivity contribution in [3.05, 3.63) is 29.3 Å². The maximum Gasteiger partial charge on any atom is 0.303 e. The summed E-state index contributed by atoms with van der Waals surface area (Å²) in [7, 11) is 1.57. The van der Waals surface area contributed by atoms with E-state index in [0.29, 0.717) is 17.7 Å². The Morgan fingerprint density at radius 3 is 2.63 bits per heavy atom. The van der Waals surface area contributed by atoms with Crippen molar-refractivity contribution in [3.8, 4) is 5.75 Å². The molecular formula is C14H19NO4. The third kappa shape index (κ3) is 4.62. The van der Waals surface area contributed by atoms with E-state index in [9.17, 15) is 9.59 Å². The van der Waals surface area contributed by atoms with Crippen molar-refractivity contribution in [1.29, 1.82) is 0 Å². The molecule has 1 rings (SSSR count). The van der Waals surface area contributed by atoms with Gasteiger partial charge in [0.15, 0.2) is 0 Å². The Morgan fingerprint density at radius 1 is 1.42 bits per heavy atom. The number of methoxy groups -OCH3 is 1. The molecule has 104 valence electrons. The van der Waals surface area contributed by atoms with E-state index >= 15 is 0 Å². The maximum atomic E-state index is 12.0. The van der Waals surface area contributed by atoms with Gasteiger partial charge in [0, 0.05) is 18.0 Å². The van der Waals surface area contributed by atoms with Crippen LogP contribution in [0.2, 0.25) is 0 Å². The smallest absolute Gasteiger partial charge is 0.303 e. The predicted molar refractivity (Wildman–Crippen MR) is 71.5 cm³/mol. The monoisotopic (exact) mass is 265 g/mol. The molecule has 1 unspecified atom stereocenters. The van der Waals surface area contributed by atoms with Crippen LogP contribution in [0.5, 0.6) is 5.75 Å². The molecule has 0 saturated carbocycles. The van der Waals surface area contributed by atoms with Crippen LogP contribution in [0, 0.1) is 6.92 Å². The zero-order valence-corrected chi connectivity index (χ0v) is 11.4. The number of carbonyl (C=O) groups is 2. The summed E-state index contributed by atoms with van der Waals surface area (Å²) in [6.45, 7) is 3.62. The number of amides is 1. The van der Waals surface area contributed by atoms with E-state index in [2.05, 4.69) is 5.32 Å². The molecule has 0 aliphatic rings. The molecule has 0 radical (unpaired) electrons. The van der Waals surface area contributed by atoms with Crippen molar-refractivity contribution < 1.29 is 19.4 Å². The molecule has 1 aromatic carbocycles. The summed E-state index contributed by atoms with van der Waals surface area (Å²) in [5, 5.41) is 11.4. The molecule has 0 heterocycles. The van der Waals surface area contributed by atoms with Crippen LogP contribution >= 0.6 is 0 Å². The Labute approximate surface area is 112 Å². The number of carboxylic acids is 1. The molecule has 0 fully saturated rings. The van der Waals surface area contributed by atoms with Gasteiger partial charge < -0.3 is 15.2 Å². The van der Waals surface area contributed by atoms with E-state index in [1.807, 2.05) is 6.92 Å². The summed E-state index contributed by atoms with van der Waals surface area (Å²) >= 11 is 0. The number of hydrogen-bond acceptors (Lipinski definition) is 3. The molecule has 0 aromatic heterocycles. The molecule has 2 N–H and O–H groups in total. The fourth-order valence-corrected chi connectivity index (χ4v) is 1.73. The standard InChI is InChI=1S/C14H19NO4/c1-9-8-11(19-3)5-6-12(9)14(18)15-10(2)4-7-13(16)17/h5-6,8,10H,4,7H2,1-3H3,(H,15,18)(H,16,17). The molecule has 0 saturated heterocycles. The molecule has 1 aromatic rings. The highest BCUT2D eigenvalue weighted by Gasteiger charge is 2.13. The summed E-state index contributed by atoms with van der Waals surface area (Å²) in [6.07, 6.45) is 0.458. The van der Waals surface area contributed by atoms with Gasteiger partial charge in [0.1, 0.15) is 5.75 Å². The average molecular weight is 265 g/mol. The van der Waals surface area contributed by atoms with Crippen LogP contribution in [-0.4, -0.2) is 30.1 Å². The molecule has 0 bridgehead atoms. The van der Waals surface area contributed by atoms with E-state index in [4.69, 9.17) is 9.84 Å². The normalized spacial score (nSPS) is 11.7. The van der Waals surface area contributed by atoms with Crippen molar-refractivity contribution in [3.63, 3.8) is 0 Å². The van der Waals surface area contributed by atoms with Gasteiger partial charge in [-0.2, -0.15) is 0 Å². The lowest BCUT2D eigenvalue weighted by Crippen LogP contribution is -2.33. The molecule has 0 spiro atoms. The summed E-state index contributed by atoms with van der Waals surface area (Å²) in [5.74, 6) is -0.354. The summed E-state index contributed by atoms with van der Waals surface area (Å²) in [5.41, 5.74) is 1.39. The lowest BCUT2D eigenvalue weighted by Gasteiger charge is -2.14. The minimum atomic E-state index is -0.860. The number of ether oxygens (including phenoxy) is 1. The quantitative estimate of drug-likeness (QED) is 0.824. The minimum Gasteiger partial charge on any atom is -0.497 e. The van der Waals surface area contributed by atoms with Gasteiger partial charge in [0.2, 0.25) is 0 Å². The SMILES string of the molecule is COc1ccc(C(=O)NC(C)CCC(=O)O)c(C)c1. The first-order valence-electron chi connectivity index (χ1n) is 6.11. The fourth-order valence-electron chi connectivity index (χ4n) is 1.73. The van der Waals surface area contributed by atoms with E-state index in [1.54, 1.807) is 32.2 Å². The predicted octanol–water partition coefficient (Wildman–Crippen LogP) is 1.99. The zero-order chi connectivity index (χ0) is 14.4. The zero-order valence-electron chi connectivity index (χ0n) is 11.4. The molecule has 19 heavy (non-hydrogen) atoms. The second kappa shape index (κ2) is 6.78. The van der Waals surface area contributed by atoms with E-state index < -0.39 is 5.97 Å². The largest absolute Gasteiger partial charge is 0.497 e. The molecular weight excluding hydrogens is 246 g/mol. The van der Waals surface area contributed by atoms with E-state index in [-0.39, 0.29) is 18.4 Å². The van der Waals surface area contributed by atoms with Crippen molar-refractivity contribution in [2.75, 3.05) is 7.11 Å². The molecule has 5 heteroatoms. The average Bonchev–Trinajstić information content (AvgIpc) is 2.35. The second-order valence-corrected chi connectivity index (χ2v) is 4.49. The van der Waals surface area contributed by atoms with Gasteiger partial charge in [0.05, 0.1) is 7.11 Å². The number of aryl methyl sites for hydroxylation is 1. The second-order valence-electron chi connectivity index (χ2n) is 4.49. The lowest BCUT2D eigenvalue weighted by molar-refractivity contribution is -0.137. The summed E-state index contributed by atoms with van der Waals surface area (Å²) in [6, 6.07) is 5.04. The Balaban J connectivity index is 2.65. The molecule has 0 aliphatic carbocycles. The van der Waals surface area contributed by atoms with Gasteiger partial charge in [-0.05, 0) is 44.0 Å². The third-order valence-electron chi connectivity index (χ3n) is 2.85. The first kappa shape index (κ1) is 15.0. The van der Waals surface area contributed by atoms with Crippen LogP contribution in [0.1, 0.15) is 35.7 Å². The van der Waals surface area contributed by atoms with Gasteiger partial charge in [-0.3, -0.25) is 9.59 Å². The van der Waals surface area contributed by atoms with E-state index in [0.717, 1.165) is 5.56 Å². The highest BCUT2D eigenvalue weighted by Crippen LogP contribution is 2.17. The van der Waals surface area contributed by atoms with Crippen molar-refractivity contribution >= 4 is 11.9 Å². The fraction of sp³-hybridized carbons (Fsp3) is 0.429. The Kier molecular flexibility index (Phi) is 5.36. The highest BCUT2D eigenvalue weighted by molar-refractivity contribution is 5.96. The maximum absolute atomic E-state index is 12.0. The number of nitrogens with one attached hydrogen (secondary N) is 1. The van der Waals surface area contributed by atoms with Crippen molar-refractivity contribution in [2.45, 2.75) is 32.7 Å². The van der Waals surface area contributed by atoms with Crippen LogP contribution in [0.4, 0.5) is 0 Å². The number of rotatable bonds is 6. The Bertz CT molecular complexity index is 471. The number of carboxylic acid groups (broad SMARTS) is 1. The van der Waals surface area contributed by atoms with E-state index in [1.165, 1.54) is 0 Å². The van der Waals surface area contributed by atoms with Crippen molar-refractivity contribution in [2.24, 2.45) is 0 Å². The molecule has 5 nitrogen and oxygen atoms in total. The number of benzene rings is 1. The topological polar surface area (TPSA) is 75.6 Å². The summed E-state index contributed by atoms with van der Waals surface area (Å²) in [4.78, 5) is 22.5. The van der Waals surface area contributed by atoms with Crippen LogP contribution < -0.4 is 10.1 Å². The summed E-state index contributed by atoms with van der Waals surface area (Å²) < 4.78 is 5.08. The number of aliphatic carboxylic acids is 1. The highest BCUT2D eigenvalue weighted by atomic mass is 16.5. The van der Waals surface area contributed by atoms with Gasteiger partial charge in [-0.1, -0.05) is 0 Å². The van der Waals surface area contributed by atoms with Crippen LogP contribution in [0.3, 0.4) is 0 Å². The molecule has 1 amide bonds. The van der Waals surface area contributed by atoms with Gasteiger partial charge >= 0.3 is 5.97 Å². The number of hydrogen-bond donors (Lipinski definition) is 2. The Hall–Kier alpha value is -2.04. The molecule has 1 atom stereocenters. The van der Waals surface area contributed by atoms with Crippen molar-refractivity contribution in [1.82, 2.24) is 5.32 Å². The first-order valence-corrected chi connectivity index (χ1v) is 6.11. The van der Waals surface area contributed by atoms with Crippen LogP contribution in [0.25, 0.3) is 0 Å². The van der Waals surface area contributed by atoms with Crippen LogP contribution in [-0.2, 0) is 4.79 Å².